The Morgan fingerprint density at radius 3 is 2.68 bits per heavy atom. The van der Waals surface area contributed by atoms with Crippen molar-refractivity contribution in [1.82, 2.24) is 10.2 Å². The molecule has 28 heavy (non-hydrogen) atoms. The number of nitrogens with one attached hydrogen (secondary N) is 1. The highest BCUT2D eigenvalue weighted by Gasteiger charge is 2.47. The molecule has 1 amide bonds. The van der Waals surface area contributed by atoms with Gasteiger partial charge in [-0.05, 0) is 80.5 Å². The number of likely N-dealkylation sites (tertiary alicyclic amines) is 1. The first-order valence-corrected chi connectivity index (χ1v) is 11.7. The fourth-order valence-corrected chi connectivity index (χ4v) is 6.93. The summed E-state index contributed by atoms with van der Waals surface area (Å²) >= 11 is 0. The van der Waals surface area contributed by atoms with E-state index in [1.54, 1.807) is 0 Å². The molecule has 1 aliphatic heterocycles. The second kappa shape index (κ2) is 7.16. The molecule has 0 aromatic heterocycles. The Morgan fingerprint density at radius 1 is 1.21 bits per heavy atom. The number of rotatable bonds is 4. The van der Waals surface area contributed by atoms with Crippen LogP contribution in [0.25, 0.3) is 0 Å². The van der Waals surface area contributed by atoms with Crippen LogP contribution in [-0.2, 0) is 10.2 Å². The number of fused-ring (bicyclic) bond motifs is 4. The van der Waals surface area contributed by atoms with Gasteiger partial charge in [-0.15, -0.1) is 0 Å². The van der Waals surface area contributed by atoms with E-state index in [2.05, 4.69) is 34.5 Å². The van der Waals surface area contributed by atoms with Crippen LogP contribution < -0.4 is 5.32 Å². The van der Waals surface area contributed by atoms with Crippen LogP contribution in [0.15, 0.2) is 24.3 Å². The monoisotopic (exact) mass is 382 g/mol. The van der Waals surface area contributed by atoms with Crippen LogP contribution in [0.5, 0.6) is 0 Å². The molecule has 4 atom stereocenters. The van der Waals surface area contributed by atoms with Gasteiger partial charge in [-0.25, -0.2) is 0 Å². The first kappa shape index (κ1) is 18.7. The number of carbonyl (C=O) groups is 1. The van der Waals surface area contributed by atoms with Crippen LogP contribution in [0, 0.1) is 23.7 Å². The van der Waals surface area contributed by atoms with Crippen LogP contribution in [0.4, 0.5) is 0 Å². The minimum Gasteiger partial charge on any atom is -0.349 e. The average molecular weight is 383 g/mol. The van der Waals surface area contributed by atoms with E-state index >= 15 is 0 Å². The smallest absolute Gasteiger partial charge is 0.223 e. The molecule has 3 nitrogen and oxygen atoms in total. The maximum Gasteiger partial charge on any atom is 0.223 e. The summed E-state index contributed by atoms with van der Waals surface area (Å²) in [6.45, 7) is 7.77. The Bertz CT molecular complexity index is 740. The molecule has 3 heteroatoms. The quantitative estimate of drug-likeness (QED) is 0.802. The summed E-state index contributed by atoms with van der Waals surface area (Å²) in [4.78, 5) is 15.1. The predicted molar refractivity (Wildman–Crippen MR) is 115 cm³/mol. The van der Waals surface area contributed by atoms with E-state index in [1.807, 2.05) is 13.8 Å². The van der Waals surface area contributed by atoms with Gasteiger partial charge < -0.3 is 10.2 Å². The highest BCUT2D eigenvalue weighted by atomic mass is 16.1. The molecule has 1 aromatic rings. The van der Waals surface area contributed by atoms with Crippen LogP contribution in [0.1, 0.15) is 77.4 Å². The Labute approximate surface area is 171 Å². The van der Waals surface area contributed by atoms with Crippen LogP contribution in [-0.4, -0.2) is 30.4 Å². The summed E-state index contributed by atoms with van der Waals surface area (Å²) < 4.78 is 0. The first-order chi connectivity index (χ1) is 13.5. The van der Waals surface area contributed by atoms with Crippen molar-refractivity contribution in [2.75, 3.05) is 19.6 Å². The highest BCUT2D eigenvalue weighted by molar-refractivity contribution is 5.78. The SMILES string of the molecule is CC(C)C(=O)N[C@@H]1CC2(CCN(C[C@H]3C[C@@H]4CC[C@H]3C4)CC2)c2ccccc21.[HH]. The Hall–Kier alpha value is -1.35. The topological polar surface area (TPSA) is 32.3 Å². The lowest BCUT2D eigenvalue weighted by Gasteiger charge is -2.42. The maximum atomic E-state index is 12.4. The normalized spacial score (nSPS) is 33.5. The van der Waals surface area contributed by atoms with Crippen molar-refractivity contribution in [3.8, 4) is 0 Å². The largest absolute Gasteiger partial charge is 0.349 e. The number of amides is 1. The van der Waals surface area contributed by atoms with Crippen molar-refractivity contribution in [2.45, 2.75) is 70.3 Å². The summed E-state index contributed by atoms with van der Waals surface area (Å²) in [5.74, 6) is 3.29. The van der Waals surface area contributed by atoms with Gasteiger partial charge in [0.1, 0.15) is 0 Å². The van der Waals surface area contributed by atoms with Gasteiger partial charge in [-0.3, -0.25) is 4.79 Å². The summed E-state index contributed by atoms with van der Waals surface area (Å²) in [6, 6.07) is 9.11. The molecule has 2 bridgehead atoms. The zero-order valence-electron chi connectivity index (χ0n) is 17.6. The third kappa shape index (κ3) is 3.20. The van der Waals surface area contributed by atoms with Crippen molar-refractivity contribution < 1.29 is 6.22 Å². The number of hydrogen-bond donors (Lipinski definition) is 1. The lowest BCUT2D eigenvalue weighted by atomic mass is 9.73. The first-order valence-electron chi connectivity index (χ1n) is 11.7. The van der Waals surface area contributed by atoms with E-state index < -0.39 is 0 Å². The zero-order valence-corrected chi connectivity index (χ0v) is 17.6. The minimum absolute atomic E-state index is 0. The van der Waals surface area contributed by atoms with Gasteiger partial charge in [-0.1, -0.05) is 44.5 Å². The molecule has 4 aliphatic rings. The van der Waals surface area contributed by atoms with Crippen molar-refractivity contribution in [3.63, 3.8) is 0 Å². The van der Waals surface area contributed by atoms with Crippen LogP contribution >= 0.6 is 0 Å². The number of benzene rings is 1. The molecule has 1 heterocycles. The third-order valence-electron chi connectivity index (χ3n) is 8.53. The molecular weight excluding hydrogens is 344 g/mol. The summed E-state index contributed by atoms with van der Waals surface area (Å²) in [5, 5.41) is 3.34. The van der Waals surface area contributed by atoms with Gasteiger partial charge in [0.2, 0.25) is 5.91 Å². The number of carbonyl (C=O) groups excluding carboxylic acids is 1. The predicted octanol–water partition coefficient (Wildman–Crippen LogP) is 4.92. The van der Waals surface area contributed by atoms with E-state index in [4.69, 9.17) is 0 Å². The van der Waals surface area contributed by atoms with Crippen LogP contribution in [0.2, 0.25) is 0 Å². The third-order valence-corrected chi connectivity index (χ3v) is 8.53. The lowest BCUT2D eigenvalue weighted by molar-refractivity contribution is -0.124. The molecule has 0 radical (unpaired) electrons. The molecule has 1 saturated heterocycles. The van der Waals surface area contributed by atoms with Gasteiger partial charge in [0.05, 0.1) is 6.04 Å². The van der Waals surface area contributed by atoms with E-state index in [0.29, 0.717) is 0 Å². The second-order valence-corrected chi connectivity index (χ2v) is 10.5. The average Bonchev–Trinajstić information content (AvgIpc) is 3.39. The Kier molecular flexibility index (Phi) is 4.77. The molecule has 154 valence electrons. The molecule has 1 N–H and O–H groups in total. The molecule has 3 aliphatic carbocycles. The van der Waals surface area contributed by atoms with Crippen molar-refractivity contribution in [3.05, 3.63) is 35.4 Å². The van der Waals surface area contributed by atoms with Gasteiger partial charge >= 0.3 is 0 Å². The summed E-state index contributed by atoms with van der Waals surface area (Å²) in [5.41, 5.74) is 3.16. The van der Waals surface area contributed by atoms with Crippen LogP contribution in [0.3, 0.4) is 0 Å². The lowest BCUT2D eigenvalue weighted by Crippen LogP contribution is -2.44. The molecule has 3 fully saturated rings. The minimum atomic E-state index is 0. The fraction of sp³-hybridized carbons (Fsp3) is 0.720. The summed E-state index contributed by atoms with van der Waals surface area (Å²) in [6.07, 6.45) is 9.61. The standard InChI is InChI=1S/C25H36N2O.H2/c1-17(2)24(28)26-23-15-25(22-6-4-3-5-21(22)23)9-11-27(12-10-25)16-20-14-18-7-8-19(20)13-18;/h3-6,17-20,23H,7-16H2,1-2H3,(H,26,28);1H/t18-,19+,20-,23-;/m1./s1. The van der Waals surface area contributed by atoms with Crippen molar-refractivity contribution in [2.24, 2.45) is 23.7 Å². The highest BCUT2D eigenvalue weighted by Crippen LogP contribution is 2.52. The molecule has 1 spiro atoms. The van der Waals surface area contributed by atoms with Gasteiger partial charge in [0.25, 0.3) is 0 Å². The van der Waals surface area contributed by atoms with Crippen molar-refractivity contribution >= 4 is 5.91 Å². The van der Waals surface area contributed by atoms with E-state index in [-0.39, 0.29) is 24.7 Å². The number of hydrogen-bond acceptors (Lipinski definition) is 2. The molecular formula is C25H38N2O. The molecule has 0 unspecified atom stereocenters. The fourth-order valence-electron chi connectivity index (χ4n) is 6.93. The van der Waals surface area contributed by atoms with E-state index in [1.165, 1.54) is 69.3 Å². The Balaban J connectivity index is 0.00000205. The van der Waals surface area contributed by atoms with E-state index in [0.717, 1.165) is 24.2 Å². The van der Waals surface area contributed by atoms with Crippen molar-refractivity contribution in [1.29, 1.82) is 0 Å². The summed E-state index contributed by atoms with van der Waals surface area (Å²) in [7, 11) is 0. The Morgan fingerprint density at radius 2 is 2.00 bits per heavy atom. The maximum absolute atomic E-state index is 12.4. The zero-order chi connectivity index (χ0) is 19.3. The molecule has 1 aromatic carbocycles. The number of nitrogens with zero attached hydrogens (tertiary/aromatic N) is 1. The van der Waals surface area contributed by atoms with Gasteiger partial charge in [-0.2, -0.15) is 0 Å². The second-order valence-electron chi connectivity index (χ2n) is 10.5. The number of piperidine rings is 1. The van der Waals surface area contributed by atoms with E-state index in [9.17, 15) is 4.79 Å². The molecule has 5 rings (SSSR count). The van der Waals surface area contributed by atoms with Gasteiger partial charge in [0, 0.05) is 19.3 Å². The molecule has 2 saturated carbocycles. The van der Waals surface area contributed by atoms with Gasteiger partial charge in [0.15, 0.2) is 0 Å².